The predicted octanol–water partition coefficient (Wildman–Crippen LogP) is 0.0228. The molecule has 0 saturated heterocycles. The Morgan fingerprint density at radius 2 is 2.00 bits per heavy atom. The van der Waals surface area contributed by atoms with Crippen molar-refractivity contribution in [2.75, 3.05) is 0 Å². The van der Waals surface area contributed by atoms with Crippen molar-refractivity contribution < 1.29 is 9.90 Å². The van der Waals surface area contributed by atoms with E-state index in [1.54, 1.807) is 0 Å². The Morgan fingerprint density at radius 3 is 2.40 bits per heavy atom. The predicted molar refractivity (Wildman–Crippen MR) is 37.2 cm³/mol. The summed E-state index contributed by atoms with van der Waals surface area (Å²) >= 11 is 0. The van der Waals surface area contributed by atoms with Crippen molar-refractivity contribution in [1.29, 1.82) is 0 Å². The van der Waals surface area contributed by atoms with Gasteiger partial charge in [-0.3, -0.25) is 4.79 Å². The number of carbonyl (C=O) groups excluding carboxylic acids is 1. The second-order valence-corrected chi connectivity index (χ2v) is 2.86. The fraction of sp³-hybridized carbons (Fsp3) is 0.857. The first-order chi connectivity index (χ1) is 4.72. The van der Waals surface area contributed by atoms with E-state index in [0.29, 0.717) is 0 Å². The number of nitrogens with two attached hydrogens (primary N) is 1. The molecule has 1 rings (SSSR count). The standard InChI is InChI=1S/C7H13NO2/c8-7(10)5-3-1-2-4-6(5)9/h5-6,9H,1-4H2,(H2,8,10)/t5-,6+/m1/s1. The van der Waals surface area contributed by atoms with E-state index in [1.807, 2.05) is 0 Å². The Labute approximate surface area is 60.2 Å². The summed E-state index contributed by atoms with van der Waals surface area (Å²) in [5.41, 5.74) is 5.06. The highest BCUT2D eigenvalue weighted by Crippen LogP contribution is 2.23. The lowest BCUT2D eigenvalue weighted by Gasteiger charge is -2.24. The molecule has 0 heterocycles. The number of primary amides is 1. The smallest absolute Gasteiger partial charge is 0.223 e. The largest absolute Gasteiger partial charge is 0.392 e. The quantitative estimate of drug-likeness (QED) is 0.543. The van der Waals surface area contributed by atoms with Gasteiger partial charge >= 0.3 is 0 Å². The average molecular weight is 143 g/mol. The van der Waals surface area contributed by atoms with Crippen LogP contribution in [-0.2, 0) is 4.79 Å². The zero-order valence-corrected chi connectivity index (χ0v) is 5.92. The molecule has 3 nitrogen and oxygen atoms in total. The van der Waals surface area contributed by atoms with Gasteiger partial charge in [0.25, 0.3) is 0 Å². The van der Waals surface area contributed by atoms with Gasteiger partial charge in [-0.05, 0) is 12.8 Å². The number of hydrogen-bond donors (Lipinski definition) is 2. The maximum Gasteiger partial charge on any atom is 0.223 e. The highest BCUT2D eigenvalue weighted by atomic mass is 16.3. The van der Waals surface area contributed by atoms with Crippen LogP contribution >= 0.6 is 0 Å². The SMILES string of the molecule is NC(=O)[C@@H]1CCCC[C@@H]1O. The van der Waals surface area contributed by atoms with E-state index < -0.39 is 6.10 Å². The summed E-state index contributed by atoms with van der Waals surface area (Å²) in [6.07, 6.45) is 3.05. The van der Waals surface area contributed by atoms with Crippen LogP contribution < -0.4 is 5.73 Å². The molecular formula is C7H13NO2. The summed E-state index contributed by atoms with van der Waals surface area (Å²) in [5, 5.41) is 9.24. The van der Waals surface area contributed by atoms with E-state index in [1.165, 1.54) is 0 Å². The molecule has 2 atom stereocenters. The van der Waals surface area contributed by atoms with Crippen molar-refractivity contribution in [3.05, 3.63) is 0 Å². The summed E-state index contributed by atoms with van der Waals surface area (Å²) in [4.78, 5) is 10.6. The normalized spacial score (nSPS) is 33.7. The number of carbonyl (C=O) groups is 1. The molecule has 1 saturated carbocycles. The zero-order chi connectivity index (χ0) is 7.56. The Hall–Kier alpha value is -0.570. The number of amides is 1. The van der Waals surface area contributed by atoms with Gasteiger partial charge < -0.3 is 10.8 Å². The molecule has 0 radical (unpaired) electrons. The third-order valence-corrected chi connectivity index (χ3v) is 2.09. The molecule has 1 aliphatic carbocycles. The van der Waals surface area contributed by atoms with Crippen LogP contribution in [0.15, 0.2) is 0 Å². The van der Waals surface area contributed by atoms with Gasteiger partial charge in [0.2, 0.25) is 5.91 Å². The number of rotatable bonds is 1. The Bertz CT molecular complexity index is 136. The topological polar surface area (TPSA) is 63.3 Å². The van der Waals surface area contributed by atoms with E-state index >= 15 is 0 Å². The highest BCUT2D eigenvalue weighted by molar-refractivity contribution is 5.77. The molecule has 0 unspecified atom stereocenters. The first-order valence-electron chi connectivity index (χ1n) is 3.69. The first kappa shape index (κ1) is 7.54. The van der Waals surface area contributed by atoms with Crippen molar-refractivity contribution >= 4 is 5.91 Å². The fourth-order valence-electron chi connectivity index (χ4n) is 1.44. The molecule has 0 aliphatic heterocycles. The third-order valence-electron chi connectivity index (χ3n) is 2.09. The summed E-state index contributed by atoms with van der Waals surface area (Å²) in [5.74, 6) is -0.638. The van der Waals surface area contributed by atoms with E-state index in [4.69, 9.17) is 5.73 Å². The number of aliphatic hydroxyl groups excluding tert-OH is 1. The van der Waals surface area contributed by atoms with Crippen LogP contribution in [0.1, 0.15) is 25.7 Å². The fourth-order valence-corrected chi connectivity index (χ4v) is 1.44. The molecule has 58 valence electrons. The zero-order valence-electron chi connectivity index (χ0n) is 5.92. The van der Waals surface area contributed by atoms with Gasteiger partial charge in [-0.2, -0.15) is 0 Å². The van der Waals surface area contributed by atoms with Crippen LogP contribution in [0.25, 0.3) is 0 Å². The van der Waals surface area contributed by atoms with Crippen molar-refractivity contribution in [1.82, 2.24) is 0 Å². The van der Waals surface area contributed by atoms with Crippen LogP contribution in [0.3, 0.4) is 0 Å². The molecule has 3 heteroatoms. The van der Waals surface area contributed by atoms with Crippen molar-refractivity contribution in [3.8, 4) is 0 Å². The van der Waals surface area contributed by atoms with Gasteiger partial charge in [-0.1, -0.05) is 12.8 Å². The minimum absolute atomic E-state index is 0.284. The molecule has 1 aliphatic rings. The van der Waals surface area contributed by atoms with Crippen LogP contribution in [0.4, 0.5) is 0 Å². The Kier molecular flexibility index (Phi) is 2.27. The molecule has 0 bridgehead atoms. The average Bonchev–Trinajstić information content (AvgIpc) is 1.88. The molecular weight excluding hydrogens is 130 g/mol. The third kappa shape index (κ3) is 1.48. The van der Waals surface area contributed by atoms with E-state index in [9.17, 15) is 9.90 Å². The van der Waals surface area contributed by atoms with E-state index in [0.717, 1.165) is 25.7 Å². The molecule has 0 spiro atoms. The van der Waals surface area contributed by atoms with Gasteiger partial charge in [0.1, 0.15) is 0 Å². The second kappa shape index (κ2) is 3.01. The van der Waals surface area contributed by atoms with Gasteiger partial charge in [0.15, 0.2) is 0 Å². The lowest BCUT2D eigenvalue weighted by molar-refractivity contribution is -0.126. The van der Waals surface area contributed by atoms with Gasteiger partial charge in [0, 0.05) is 0 Å². The lowest BCUT2D eigenvalue weighted by atomic mass is 9.86. The summed E-state index contributed by atoms with van der Waals surface area (Å²) in [7, 11) is 0. The minimum Gasteiger partial charge on any atom is -0.392 e. The van der Waals surface area contributed by atoms with Gasteiger partial charge in [-0.15, -0.1) is 0 Å². The maximum atomic E-state index is 10.6. The van der Waals surface area contributed by atoms with Crippen molar-refractivity contribution in [3.63, 3.8) is 0 Å². The second-order valence-electron chi connectivity index (χ2n) is 2.86. The van der Waals surface area contributed by atoms with Gasteiger partial charge in [0.05, 0.1) is 12.0 Å². The number of aliphatic hydroxyl groups is 1. The molecule has 0 aromatic carbocycles. The minimum atomic E-state index is -0.480. The summed E-state index contributed by atoms with van der Waals surface area (Å²) in [6, 6.07) is 0. The first-order valence-corrected chi connectivity index (χ1v) is 3.69. The molecule has 1 fully saturated rings. The molecule has 0 aromatic heterocycles. The summed E-state index contributed by atoms with van der Waals surface area (Å²) in [6.45, 7) is 0. The van der Waals surface area contributed by atoms with Crippen LogP contribution in [0.2, 0.25) is 0 Å². The van der Waals surface area contributed by atoms with E-state index in [2.05, 4.69) is 0 Å². The van der Waals surface area contributed by atoms with Crippen LogP contribution in [0.5, 0.6) is 0 Å². The van der Waals surface area contributed by atoms with Crippen LogP contribution in [0, 0.1) is 5.92 Å². The van der Waals surface area contributed by atoms with Crippen molar-refractivity contribution in [2.24, 2.45) is 11.7 Å². The van der Waals surface area contributed by atoms with Gasteiger partial charge in [-0.25, -0.2) is 0 Å². The lowest BCUT2D eigenvalue weighted by Crippen LogP contribution is -2.35. The highest BCUT2D eigenvalue weighted by Gasteiger charge is 2.26. The molecule has 10 heavy (non-hydrogen) atoms. The summed E-state index contributed by atoms with van der Waals surface area (Å²) < 4.78 is 0. The van der Waals surface area contributed by atoms with Crippen LogP contribution in [-0.4, -0.2) is 17.1 Å². The molecule has 0 aromatic rings. The monoisotopic (exact) mass is 143 g/mol. The molecule has 3 N–H and O–H groups in total. The maximum absolute atomic E-state index is 10.6. The molecule has 1 amide bonds. The Balaban J connectivity index is 2.47. The van der Waals surface area contributed by atoms with Crippen molar-refractivity contribution in [2.45, 2.75) is 31.8 Å². The van der Waals surface area contributed by atoms with E-state index in [-0.39, 0.29) is 11.8 Å². The number of hydrogen-bond acceptors (Lipinski definition) is 2. The Morgan fingerprint density at radius 1 is 1.40 bits per heavy atom.